The molecule has 1 rings (SSSR count). The number of nitrogens with two attached hydrogens (primary N) is 1. The van der Waals surface area contributed by atoms with Gasteiger partial charge in [0, 0.05) is 0 Å². The fraction of sp³-hybridized carbons (Fsp3) is 0.375. The van der Waals surface area contributed by atoms with Crippen molar-refractivity contribution in [3.05, 3.63) is 53.4 Å². The first kappa shape index (κ1) is 15.0. The van der Waals surface area contributed by atoms with E-state index in [2.05, 4.69) is 4.74 Å². The largest absolute Gasteiger partial charge is 0.489 e. The lowest BCUT2D eigenvalue weighted by atomic mass is 9.92. The molecule has 0 aromatic carbocycles. The molecule has 0 aliphatic heterocycles. The maximum absolute atomic E-state index is 11.4. The van der Waals surface area contributed by atoms with E-state index in [1.807, 2.05) is 0 Å². The third-order valence-electron chi connectivity index (χ3n) is 2.66. The van der Waals surface area contributed by atoms with Gasteiger partial charge in [-0.25, -0.2) is 4.79 Å². The molecule has 0 unspecified atom stereocenters. The van der Waals surface area contributed by atoms with Crippen molar-refractivity contribution in [1.29, 1.82) is 0 Å². The Morgan fingerprint density at radius 2 is 1.80 bits per heavy atom. The number of rotatable bonds is 4. The predicted molar refractivity (Wildman–Crippen MR) is 59.6 cm³/mol. The third kappa shape index (κ3) is 2.13. The molecule has 0 spiro atoms. The molecule has 0 aromatic rings. The van der Waals surface area contributed by atoms with E-state index in [0.29, 0.717) is 6.08 Å². The molecule has 0 bridgehead atoms. The minimum atomic E-state index is -3.03. The highest BCUT2D eigenvalue weighted by atomic mass is 16.7. The van der Waals surface area contributed by atoms with Gasteiger partial charge in [0.1, 0.15) is 15.5 Å². The van der Waals surface area contributed by atoms with Gasteiger partial charge in [0.15, 0.2) is 6.42 Å². The number of methoxy groups -OCH3 is 1. The molecule has 108 valence electrons. The van der Waals surface area contributed by atoms with Crippen molar-refractivity contribution in [2.75, 3.05) is 7.11 Å². The number of hydrogen-bond donors (Lipinski definition) is 1. The highest BCUT2D eigenvalue weighted by Gasteiger charge is 2.61. The van der Waals surface area contributed by atoms with Crippen molar-refractivity contribution in [2.24, 2.45) is 5.73 Å². The van der Waals surface area contributed by atoms with E-state index in [1.165, 1.54) is 0 Å². The van der Waals surface area contributed by atoms with Gasteiger partial charge in [-0.3, -0.25) is 30.3 Å². The van der Waals surface area contributed by atoms with Gasteiger partial charge in [0.25, 0.3) is 5.70 Å². The summed E-state index contributed by atoms with van der Waals surface area (Å²) in [7, 11) is 0.900. The van der Waals surface area contributed by atoms with Gasteiger partial charge in [-0.1, -0.05) is 0 Å². The molecule has 0 amide bonds. The zero-order chi connectivity index (χ0) is 15.7. The second kappa shape index (κ2) is 4.91. The number of hydrogen-bond acceptors (Lipinski definition) is 9. The van der Waals surface area contributed by atoms with E-state index in [1.54, 1.807) is 0 Å². The molecule has 12 heteroatoms. The van der Waals surface area contributed by atoms with Gasteiger partial charge in [-0.05, 0) is 0 Å². The van der Waals surface area contributed by atoms with Crippen LogP contribution in [-0.2, 0) is 9.53 Å². The highest BCUT2D eigenvalue weighted by Crippen LogP contribution is 2.33. The van der Waals surface area contributed by atoms with Crippen molar-refractivity contribution < 1.29 is 24.3 Å². The quantitative estimate of drug-likeness (QED) is 0.299. The number of ether oxygens (including phenoxy) is 1. The first-order chi connectivity index (χ1) is 9.17. The summed E-state index contributed by atoms with van der Waals surface area (Å²) < 4.78 is 4.25. The third-order valence-corrected chi connectivity index (χ3v) is 2.66. The summed E-state index contributed by atoms with van der Waals surface area (Å²) in [4.78, 5) is 40.3. The number of carbonyl (C=O) groups is 1. The Bertz CT molecular complexity index is 563. The molecule has 0 heterocycles. The molecule has 20 heavy (non-hydrogen) atoms. The number of nitro groups is 3. The summed E-state index contributed by atoms with van der Waals surface area (Å²) in [6, 6.07) is 0. The van der Waals surface area contributed by atoms with Gasteiger partial charge in [0.2, 0.25) is 0 Å². The zero-order valence-electron chi connectivity index (χ0n) is 9.97. The van der Waals surface area contributed by atoms with Crippen LogP contribution >= 0.6 is 0 Å². The lowest BCUT2D eigenvalue weighted by Crippen LogP contribution is -2.48. The topological polar surface area (TPSA) is 182 Å². The maximum Gasteiger partial charge on any atom is 0.489 e. The molecule has 0 atom stereocenters. The van der Waals surface area contributed by atoms with Gasteiger partial charge in [0.05, 0.1) is 23.7 Å². The van der Waals surface area contributed by atoms with Crippen LogP contribution in [0, 0.1) is 30.3 Å². The van der Waals surface area contributed by atoms with Crippen LogP contribution in [0.4, 0.5) is 0 Å². The molecule has 1 aliphatic rings. The summed E-state index contributed by atoms with van der Waals surface area (Å²) in [5.74, 6) is -1.24. The molecule has 2 N–H and O–H groups in total. The summed E-state index contributed by atoms with van der Waals surface area (Å²) in [6.07, 6.45) is -0.812. The highest BCUT2D eigenvalue weighted by molar-refractivity contribution is 5.93. The Hall–Kier alpha value is -3.05. The first-order valence-corrected chi connectivity index (χ1v) is 4.91. The van der Waals surface area contributed by atoms with Crippen LogP contribution in [0.2, 0.25) is 0 Å². The van der Waals surface area contributed by atoms with Crippen LogP contribution in [0.3, 0.4) is 0 Å². The molecule has 1 aliphatic carbocycles. The Morgan fingerprint density at radius 3 is 2.15 bits per heavy atom. The summed E-state index contributed by atoms with van der Waals surface area (Å²) in [5.41, 5.74) is -0.144. The number of carbonyl (C=O) groups excluding carboxylic acids is 1. The average Bonchev–Trinajstić information content (AvgIpc) is 2.37. The minimum absolute atomic E-state index is 0.362. The molecule has 0 aromatic heterocycles. The normalized spacial score (nSPS) is 17.1. The summed E-state index contributed by atoms with van der Waals surface area (Å²) >= 11 is 0. The fourth-order valence-corrected chi connectivity index (χ4v) is 1.60. The minimum Gasteiger partial charge on any atom is -0.465 e. The van der Waals surface area contributed by atoms with Gasteiger partial charge in [-0.15, -0.1) is 0 Å². The Kier molecular flexibility index (Phi) is 3.68. The number of nitrogens with zero attached hydrogens (tertiary/aromatic N) is 3. The van der Waals surface area contributed by atoms with Crippen LogP contribution in [0.1, 0.15) is 6.42 Å². The molecule has 12 nitrogen and oxygen atoms in total. The van der Waals surface area contributed by atoms with Crippen LogP contribution in [-0.4, -0.2) is 33.5 Å². The molecule has 0 saturated heterocycles. The first-order valence-electron chi connectivity index (χ1n) is 4.91. The van der Waals surface area contributed by atoms with Crippen LogP contribution in [0.15, 0.2) is 23.0 Å². The van der Waals surface area contributed by atoms with Crippen molar-refractivity contribution >= 4 is 5.97 Å². The fourth-order valence-electron chi connectivity index (χ4n) is 1.60. The van der Waals surface area contributed by atoms with E-state index in [4.69, 9.17) is 5.73 Å². The Balaban J connectivity index is 3.61. The lowest BCUT2D eigenvalue weighted by molar-refractivity contribution is -0.783. The maximum atomic E-state index is 11.4. The SMILES string of the molecule is COC(=O)C1=CC([N+](=O)[O-])([N+](=O)[O-])CC([N+](=O)[O-])=C1N. The van der Waals surface area contributed by atoms with Gasteiger partial charge < -0.3 is 10.5 Å². The summed E-state index contributed by atoms with van der Waals surface area (Å²) in [6.45, 7) is 0. The Labute approximate surface area is 109 Å². The molecular weight excluding hydrogens is 280 g/mol. The second-order valence-corrected chi connectivity index (χ2v) is 3.74. The predicted octanol–water partition coefficient (Wildman–Crippen LogP) is -0.814. The Morgan fingerprint density at radius 1 is 1.30 bits per heavy atom. The van der Waals surface area contributed by atoms with E-state index in [0.717, 1.165) is 7.11 Å². The summed E-state index contributed by atoms with van der Waals surface area (Å²) in [5, 5.41) is 32.7. The second-order valence-electron chi connectivity index (χ2n) is 3.74. The molecule has 0 radical (unpaired) electrons. The van der Waals surface area contributed by atoms with Crippen molar-refractivity contribution in [1.82, 2.24) is 0 Å². The van der Waals surface area contributed by atoms with Crippen molar-refractivity contribution in [3.63, 3.8) is 0 Å². The smallest absolute Gasteiger partial charge is 0.465 e. The van der Waals surface area contributed by atoms with Gasteiger partial charge >= 0.3 is 11.6 Å². The van der Waals surface area contributed by atoms with Crippen LogP contribution in [0.5, 0.6) is 0 Å². The van der Waals surface area contributed by atoms with E-state index in [9.17, 15) is 35.1 Å². The van der Waals surface area contributed by atoms with E-state index >= 15 is 0 Å². The van der Waals surface area contributed by atoms with Crippen molar-refractivity contribution in [3.8, 4) is 0 Å². The zero-order valence-corrected chi connectivity index (χ0v) is 9.97. The van der Waals surface area contributed by atoms with E-state index < -0.39 is 49.8 Å². The number of esters is 1. The van der Waals surface area contributed by atoms with E-state index in [-0.39, 0.29) is 0 Å². The standard InChI is InChI=1S/C8H8N4O8/c1-20-7(13)4-2-8(11(16)17,12(18)19)3-5(6(4)9)10(14)15/h2H,3,9H2,1H3. The molecule has 0 saturated carbocycles. The monoisotopic (exact) mass is 288 g/mol. The van der Waals surface area contributed by atoms with Crippen LogP contribution < -0.4 is 5.73 Å². The van der Waals surface area contributed by atoms with Gasteiger partial charge in [-0.2, -0.15) is 0 Å². The van der Waals surface area contributed by atoms with Crippen molar-refractivity contribution in [2.45, 2.75) is 12.1 Å². The molecule has 0 fully saturated rings. The molecular formula is C8H8N4O8. The average molecular weight is 288 g/mol. The lowest BCUT2D eigenvalue weighted by Gasteiger charge is -2.18. The van der Waals surface area contributed by atoms with Crippen LogP contribution in [0.25, 0.3) is 0 Å².